The number of ether oxygens (including phenoxy) is 1. The Hall–Kier alpha value is -3.34. The molecule has 0 fully saturated rings. The van der Waals surface area contributed by atoms with Crippen molar-refractivity contribution in [1.82, 2.24) is 0 Å². The third kappa shape index (κ3) is 4.79. The second-order valence-electron chi connectivity index (χ2n) is 6.64. The zero-order valence-corrected chi connectivity index (χ0v) is 16.8. The molecule has 0 saturated carbocycles. The van der Waals surface area contributed by atoms with Gasteiger partial charge in [-0.15, -0.1) is 11.3 Å². The smallest absolute Gasteiger partial charge is 0.341 e. The summed E-state index contributed by atoms with van der Waals surface area (Å²) in [4.78, 5) is 47.3. The summed E-state index contributed by atoms with van der Waals surface area (Å²) in [6.45, 7) is 0.611. The van der Waals surface area contributed by atoms with Crippen LogP contribution in [0.5, 0.6) is 0 Å². The van der Waals surface area contributed by atoms with Crippen molar-refractivity contribution < 1.29 is 28.4 Å². The molecule has 1 aliphatic rings. The highest BCUT2D eigenvalue weighted by Gasteiger charge is 2.27. The number of carbonyl (C=O) groups excluding carboxylic acids is 3. The number of benzene rings is 1. The van der Waals surface area contributed by atoms with Crippen LogP contribution in [0.15, 0.2) is 18.2 Å². The number of carbonyl (C=O) groups is 3. The maximum atomic E-state index is 13.8. The largest absolute Gasteiger partial charge is 0.452 e. The van der Waals surface area contributed by atoms with E-state index in [4.69, 9.17) is 4.74 Å². The average molecular weight is 435 g/mol. The van der Waals surface area contributed by atoms with Crippen molar-refractivity contribution in [3.8, 4) is 0 Å². The fourth-order valence-corrected chi connectivity index (χ4v) is 4.47. The maximum absolute atomic E-state index is 13.8. The minimum absolute atomic E-state index is 0.235. The van der Waals surface area contributed by atoms with Crippen LogP contribution in [0.3, 0.4) is 0 Å². The first-order valence-electron chi connectivity index (χ1n) is 9.09. The van der Waals surface area contributed by atoms with Crippen LogP contribution in [-0.2, 0) is 27.2 Å². The van der Waals surface area contributed by atoms with Crippen molar-refractivity contribution in [3.05, 3.63) is 50.1 Å². The maximum Gasteiger partial charge on any atom is 0.341 e. The van der Waals surface area contributed by atoms with E-state index in [0.29, 0.717) is 11.4 Å². The zero-order chi connectivity index (χ0) is 21.8. The molecular weight excluding hydrogens is 417 g/mol. The van der Waals surface area contributed by atoms with Gasteiger partial charge in [-0.05, 0) is 37.3 Å². The van der Waals surface area contributed by atoms with E-state index in [1.165, 1.54) is 18.3 Å². The number of hydrogen-bond acceptors (Lipinski definition) is 7. The van der Waals surface area contributed by atoms with E-state index in [-0.39, 0.29) is 11.5 Å². The average Bonchev–Trinajstić information content (AvgIpc) is 3.04. The molecule has 2 amide bonds. The number of amides is 2. The summed E-state index contributed by atoms with van der Waals surface area (Å²) in [6, 6.07) is 2.70. The van der Waals surface area contributed by atoms with Gasteiger partial charge in [0.2, 0.25) is 5.91 Å². The van der Waals surface area contributed by atoms with Gasteiger partial charge in [-0.25, -0.2) is 9.18 Å². The van der Waals surface area contributed by atoms with Crippen LogP contribution >= 0.6 is 11.3 Å². The van der Waals surface area contributed by atoms with Crippen LogP contribution in [0.2, 0.25) is 0 Å². The number of rotatable bonds is 6. The highest BCUT2D eigenvalue weighted by atomic mass is 32.1. The summed E-state index contributed by atoms with van der Waals surface area (Å²) < 4.78 is 18.9. The molecule has 11 heteroatoms. The Kier molecular flexibility index (Phi) is 6.40. The lowest BCUT2D eigenvalue weighted by atomic mass is 9.95. The lowest BCUT2D eigenvalue weighted by molar-refractivity contribution is -0.384. The first-order valence-corrected chi connectivity index (χ1v) is 9.91. The predicted molar refractivity (Wildman–Crippen MR) is 107 cm³/mol. The minimum Gasteiger partial charge on any atom is -0.452 e. The Labute approximate surface area is 174 Å². The molecule has 0 saturated heterocycles. The third-order valence-corrected chi connectivity index (χ3v) is 5.64. The van der Waals surface area contributed by atoms with Gasteiger partial charge in [0.05, 0.1) is 16.2 Å². The highest BCUT2D eigenvalue weighted by Crippen LogP contribution is 2.38. The number of fused-ring (bicyclic) bond motifs is 1. The van der Waals surface area contributed by atoms with Crippen LogP contribution in [0.25, 0.3) is 0 Å². The Morgan fingerprint density at radius 2 is 1.97 bits per heavy atom. The monoisotopic (exact) mass is 435 g/mol. The van der Waals surface area contributed by atoms with Crippen molar-refractivity contribution >= 4 is 45.5 Å². The first kappa shape index (κ1) is 21.4. The van der Waals surface area contributed by atoms with E-state index in [1.807, 2.05) is 0 Å². The second kappa shape index (κ2) is 8.99. The van der Waals surface area contributed by atoms with E-state index in [0.717, 1.165) is 47.9 Å². The lowest BCUT2D eigenvalue weighted by Gasteiger charge is -2.13. The number of hydrogen-bond donors (Lipinski definition) is 2. The van der Waals surface area contributed by atoms with Gasteiger partial charge < -0.3 is 15.4 Å². The molecule has 1 aromatic heterocycles. The number of nitrogens with one attached hydrogen (secondary N) is 2. The van der Waals surface area contributed by atoms with E-state index >= 15 is 0 Å². The quantitative estimate of drug-likeness (QED) is 0.406. The normalized spacial score (nSPS) is 12.6. The molecule has 1 aliphatic carbocycles. The van der Waals surface area contributed by atoms with Gasteiger partial charge in [0.1, 0.15) is 10.8 Å². The van der Waals surface area contributed by atoms with Gasteiger partial charge in [0.15, 0.2) is 6.61 Å². The summed E-state index contributed by atoms with van der Waals surface area (Å²) >= 11 is 1.31. The molecule has 1 aromatic carbocycles. The summed E-state index contributed by atoms with van der Waals surface area (Å²) in [5.74, 6) is -2.82. The van der Waals surface area contributed by atoms with Crippen LogP contribution in [0.1, 0.15) is 40.6 Å². The van der Waals surface area contributed by atoms with E-state index < -0.39 is 40.6 Å². The van der Waals surface area contributed by atoms with E-state index in [9.17, 15) is 28.9 Å². The molecule has 158 valence electrons. The Morgan fingerprint density at radius 3 is 2.67 bits per heavy atom. The fourth-order valence-electron chi connectivity index (χ4n) is 3.14. The molecule has 0 bridgehead atoms. The Bertz CT molecular complexity index is 1040. The number of esters is 1. The number of anilines is 2. The van der Waals surface area contributed by atoms with Crippen LogP contribution in [0.4, 0.5) is 20.8 Å². The highest BCUT2D eigenvalue weighted by molar-refractivity contribution is 7.17. The predicted octanol–water partition coefficient (Wildman–Crippen LogP) is 3.43. The SMILES string of the molecule is CC(=O)Nc1sc2c(c1C(=O)OCC(=O)Nc1cc([N+](=O)[O-])ccc1F)CCCC2. The van der Waals surface area contributed by atoms with Crippen LogP contribution in [0, 0.1) is 15.9 Å². The molecule has 30 heavy (non-hydrogen) atoms. The minimum atomic E-state index is -0.861. The van der Waals surface area contributed by atoms with Crippen molar-refractivity contribution in [3.63, 3.8) is 0 Å². The molecule has 0 atom stereocenters. The zero-order valence-electron chi connectivity index (χ0n) is 16.0. The van der Waals surface area contributed by atoms with Crippen molar-refractivity contribution in [2.45, 2.75) is 32.6 Å². The summed E-state index contributed by atoms with van der Waals surface area (Å²) in [5.41, 5.74) is 0.259. The molecule has 0 aliphatic heterocycles. The topological polar surface area (TPSA) is 128 Å². The van der Waals surface area contributed by atoms with Gasteiger partial charge in [0.25, 0.3) is 11.6 Å². The van der Waals surface area contributed by atoms with E-state index in [2.05, 4.69) is 10.6 Å². The fraction of sp³-hybridized carbons (Fsp3) is 0.316. The molecular formula is C19H18FN3O6S. The number of thiophene rings is 1. The number of non-ortho nitro benzene ring substituents is 1. The van der Waals surface area contributed by atoms with Crippen molar-refractivity contribution in [1.29, 1.82) is 0 Å². The van der Waals surface area contributed by atoms with Crippen molar-refractivity contribution in [2.75, 3.05) is 17.2 Å². The van der Waals surface area contributed by atoms with Crippen LogP contribution < -0.4 is 10.6 Å². The lowest BCUT2D eigenvalue weighted by Crippen LogP contribution is -2.22. The number of nitrogens with zero attached hydrogens (tertiary/aromatic N) is 1. The van der Waals surface area contributed by atoms with Crippen LogP contribution in [-0.4, -0.2) is 29.3 Å². The van der Waals surface area contributed by atoms with Gasteiger partial charge in [-0.3, -0.25) is 19.7 Å². The van der Waals surface area contributed by atoms with Gasteiger partial charge >= 0.3 is 5.97 Å². The number of aryl methyl sites for hydroxylation is 1. The van der Waals surface area contributed by atoms with Gasteiger partial charge in [0, 0.05) is 23.9 Å². The Morgan fingerprint density at radius 1 is 1.23 bits per heavy atom. The third-order valence-electron chi connectivity index (χ3n) is 4.43. The molecule has 2 N–H and O–H groups in total. The number of nitro benzene ring substituents is 1. The number of halogens is 1. The molecule has 9 nitrogen and oxygen atoms in total. The molecule has 0 spiro atoms. The second-order valence-corrected chi connectivity index (χ2v) is 7.75. The summed E-state index contributed by atoms with van der Waals surface area (Å²) in [7, 11) is 0. The molecule has 0 radical (unpaired) electrons. The molecule has 0 unspecified atom stereocenters. The summed E-state index contributed by atoms with van der Waals surface area (Å²) in [5, 5.41) is 16.0. The molecule has 3 rings (SSSR count). The van der Waals surface area contributed by atoms with Crippen molar-refractivity contribution in [2.24, 2.45) is 0 Å². The van der Waals surface area contributed by atoms with E-state index in [1.54, 1.807) is 0 Å². The number of nitro groups is 1. The standard InChI is InChI=1S/C19H18FN3O6S/c1-10(24)21-18-17(12-4-2-3-5-15(12)30-18)19(26)29-9-16(25)22-14-8-11(23(27)28)6-7-13(14)20/h6-8H,2-5,9H2,1H3,(H,21,24)(H,22,25). The molecule has 2 aromatic rings. The molecule has 1 heterocycles. The summed E-state index contributed by atoms with van der Waals surface area (Å²) in [6.07, 6.45) is 3.35. The van der Waals surface area contributed by atoms with Gasteiger partial charge in [-0.2, -0.15) is 0 Å². The van der Waals surface area contributed by atoms with Gasteiger partial charge in [-0.1, -0.05) is 0 Å². The first-order chi connectivity index (χ1) is 14.3. The Balaban J connectivity index is 1.71.